The zero-order valence-corrected chi connectivity index (χ0v) is 7.42. The van der Waals surface area contributed by atoms with Crippen molar-refractivity contribution in [2.45, 2.75) is 0 Å². The van der Waals surface area contributed by atoms with Crippen molar-refractivity contribution in [1.29, 1.82) is 0 Å². The van der Waals surface area contributed by atoms with Crippen LogP contribution in [-0.2, 0) is 13.7 Å². The molecule has 0 aliphatic rings. The van der Waals surface area contributed by atoms with Crippen molar-refractivity contribution in [3.05, 3.63) is 30.3 Å². The third-order valence-electron chi connectivity index (χ3n) is 1.38. The van der Waals surface area contributed by atoms with Crippen LogP contribution in [0.2, 0.25) is 0 Å². The van der Waals surface area contributed by atoms with E-state index in [0.717, 1.165) is 0 Å². The van der Waals surface area contributed by atoms with Gasteiger partial charge in [-0.1, -0.05) is 18.2 Å². The normalized spacial score (nSPS) is 14.9. The SMILES string of the molecule is O=P(OF)(OBF)c1ccccc1. The quantitative estimate of drug-likeness (QED) is 0.554. The molecule has 0 amide bonds. The van der Waals surface area contributed by atoms with E-state index in [1.54, 1.807) is 6.07 Å². The molecule has 1 aromatic carbocycles. The van der Waals surface area contributed by atoms with Crippen molar-refractivity contribution in [1.82, 2.24) is 0 Å². The van der Waals surface area contributed by atoms with Crippen LogP contribution in [0.5, 0.6) is 0 Å². The lowest BCUT2D eigenvalue weighted by molar-refractivity contribution is -0.0134. The molecule has 0 fully saturated rings. The van der Waals surface area contributed by atoms with Crippen LogP contribution in [-0.4, -0.2) is 7.76 Å². The van der Waals surface area contributed by atoms with Crippen molar-refractivity contribution in [3.63, 3.8) is 0 Å². The standard InChI is InChI=1S/C6H6BF2O3P/c8-7-11-13(10,12-9)6-4-2-1-3-5-6/h1-5,7H. The van der Waals surface area contributed by atoms with Gasteiger partial charge in [0.15, 0.2) is 0 Å². The summed E-state index contributed by atoms with van der Waals surface area (Å²) in [5.74, 6) is 0. The minimum Gasteiger partial charge on any atom is -0.334 e. The molecule has 3 nitrogen and oxygen atoms in total. The lowest BCUT2D eigenvalue weighted by atomic mass is 10.4. The molecule has 0 bridgehead atoms. The minimum atomic E-state index is -4.09. The van der Waals surface area contributed by atoms with E-state index in [-0.39, 0.29) is 5.30 Å². The molecule has 7 heteroatoms. The van der Waals surface area contributed by atoms with Crippen LogP contribution < -0.4 is 5.30 Å². The fourth-order valence-electron chi connectivity index (χ4n) is 0.809. The van der Waals surface area contributed by atoms with Gasteiger partial charge in [0.2, 0.25) is 0 Å². The molecule has 0 aromatic heterocycles. The highest BCUT2D eigenvalue weighted by molar-refractivity contribution is 7.62. The molecule has 1 unspecified atom stereocenters. The van der Waals surface area contributed by atoms with E-state index in [1.807, 2.05) is 0 Å². The first kappa shape index (κ1) is 10.4. The Morgan fingerprint density at radius 2 is 1.92 bits per heavy atom. The molecule has 0 heterocycles. The molecule has 0 saturated heterocycles. The Balaban J connectivity index is 2.96. The molecule has 1 rings (SSSR count). The van der Waals surface area contributed by atoms with Gasteiger partial charge in [0.05, 0.1) is 5.30 Å². The van der Waals surface area contributed by atoms with Crippen LogP contribution >= 0.6 is 7.60 Å². The van der Waals surface area contributed by atoms with E-state index in [0.29, 0.717) is 0 Å². The summed E-state index contributed by atoms with van der Waals surface area (Å²) in [6.45, 7) is 0. The molecular weight excluding hydrogens is 200 g/mol. The van der Waals surface area contributed by atoms with Crippen LogP contribution in [0.1, 0.15) is 0 Å². The third-order valence-corrected chi connectivity index (χ3v) is 2.93. The van der Waals surface area contributed by atoms with Gasteiger partial charge in [-0.15, -0.1) is 4.73 Å². The number of halogens is 2. The van der Waals surface area contributed by atoms with Gasteiger partial charge in [-0.05, 0) is 16.7 Å². The lowest BCUT2D eigenvalue weighted by Crippen LogP contribution is -2.07. The van der Waals surface area contributed by atoms with Gasteiger partial charge < -0.3 is 4.44 Å². The molecule has 1 atom stereocenters. The summed E-state index contributed by atoms with van der Waals surface area (Å²) in [6, 6.07) is 7.33. The third kappa shape index (κ3) is 2.37. The molecule has 13 heavy (non-hydrogen) atoms. The highest BCUT2D eigenvalue weighted by Gasteiger charge is 2.28. The Morgan fingerprint density at radius 3 is 2.38 bits per heavy atom. The second kappa shape index (κ2) is 4.51. The first-order valence-electron chi connectivity index (χ1n) is 3.39. The summed E-state index contributed by atoms with van der Waals surface area (Å²) in [7, 11) is -5.46. The predicted octanol–water partition coefficient (Wildman–Crippen LogP) is 1.66. The van der Waals surface area contributed by atoms with E-state index in [2.05, 4.69) is 9.17 Å². The minimum absolute atomic E-state index is 0.0184. The van der Waals surface area contributed by atoms with Gasteiger partial charge in [-0.3, -0.25) is 8.88 Å². The number of hydrogen-bond donors (Lipinski definition) is 0. The maximum Gasteiger partial charge on any atom is 0.489 e. The van der Waals surface area contributed by atoms with Crippen LogP contribution in [0.4, 0.5) is 8.84 Å². The Hall–Kier alpha value is -0.705. The van der Waals surface area contributed by atoms with Crippen LogP contribution in [0.15, 0.2) is 30.3 Å². The Morgan fingerprint density at radius 1 is 1.31 bits per heavy atom. The average molecular weight is 206 g/mol. The van der Waals surface area contributed by atoms with Crippen molar-refractivity contribution in [2.24, 2.45) is 0 Å². The molecule has 0 radical (unpaired) electrons. The van der Waals surface area contributed by atoms with Gasteiger partial charge in [0, 0.05) is 0 Å². The van der Waals surface area contributed by atoms with E-state index in [1.165, 1.54) is 24.3 Å². The maximum atomic E-state index is 11.9. The van der Waals surface area contributed by atoms with Crippen LogP contribution in [0.25, 0.3) is 0 Å². The van der Waals surface area contributed by atoms with E-state index >= 15 is 0 Å². The molecular formula is C6H6BF2O3P. The summed E-state index contributed by atoms with van der Waals surface area (Å²) in [5, 5.41) is -0.0184. The Bertz CT molecular complexity index is 308. The molecule has 0 aliphatic heterocycles. The smallest absolute Gasteiger partial charge is 0.334 e. The Kier molecular flexibility index (Phi) is 3.60. The molecule has 0 spiro atoms. The first-order valence-corrected chi connectivity index (χ1v) is 4.93. The molecule has 70 valence electrons. The molecule has 0 aliphatic carbocycles. The van der Waals surface area contributed by atoms with Crippen molar-refractivity contribution in [2.75, 3.05) is 0 Å². The van der Waals surface area contributed by atoms with E-state index in [4.69, 9.17) is 0 Å². The zero-order chi connectivity index (χ0) is 9.73. The fourth-order valence-corrected chi connectivity index (χ4v) is 1.74. The topological polar surface area (TPSA) is 35.5 Å². The van der Waals surface area contributed by atoms with Gasteiger partial charge in [-0.25, -0.2) is 0 Å². The van der Waals surface area contributed by atoms with Crippen molar-refractivity contribution in [3.8, 4) is 0 Å². The van der Waals surface area contributed by atoms with Crippen LogP contribution in [0.3, 0.4) is 0 Å². The largest absolute Gasteiger partial charge is 0.489 e. The summed E-state index contributed by atoms with van der Waals surface area (Å²) in [4.78, 5) is 0. The van der Waals surface area contributed by atoms with Gasteiger partial charge in [-0.2, -0.15) is 0 Å². The number of hydrogen-bond acceptors (Lipinski definition) is 3. The average Bonchev–Trinajstić information content (AvgIpc) is 2.19. The van der Waals surface area contributed by atoms with Crippen molar-refractivity contribution < 1.29 is 22.6 Å². The second-order valence-electron chi connectivity index (χ2n) is 2.14. The fraction of sp³-hybridized carbons (Fsp3) is 0. The number of benzene rings is 1. The van der Waals surface area contributed by atoms with Crippen LogP contribution in [0, 0.1) is 0 Å². The van der Waals surface area contributed by atoms with E-state index < -0.39 is 15.4 Å². The predicted molar refractivity (Wildman–Crippen MR) is 45.2 cm³/mol. The van der Waals surface area contributed by atoms with Crippen molar-refractivity contribution >= 4 is 20.7 Å². The monoisotopic (exact) mass is 206 g/mol. The number of rotatable bonds is 4. The summed E-state index contributed by atoms with van der Waals surface area (Å²) in [6.07, 6.45) is 0. The van der Waals surface area contributed by atoms with Gasteiger partial charge >= 0.3 is 15.4 Å². The lowest BCUT2D eigenvalue weighted by Gasteiger charge is -2.10. The molecule has 0 N–H and O–H groups in total. The second-order valence-corrected chi connectivity index (χ2v) is 4.05. The van der Waals surface area contributed by atoms with Gasteiger partial charge in [0.1, 0.15) is 0 Å². The highest BCUT2D eigenvalue weighted by atomic mass is 31.2. The highest BCUT2D eigenvalue weighted by Crippen LogP contribution is 2.46. The maximum absolute atomic E-state index is 11.9. The zero-order valence-electron chi connectivity index (χ0n) is 6.52. The summed E-state index contributed by atoms with van der Waals surface area (Å²) >= 11 is 0. The molecule has 1 aromatic rings. The summed E-state index contributed by atoms with van der Waals surface area (Å²) in [5.41, 5.74) is 0. The molecule has 0 saturated carbocycles. The van der Waals surface area contributed by atoms with E-state index in [9.17, 15) is 13.4 Å². The first-order chi connectivity index (χ1) is 6.23. The summed E-state index contributed by atoms with van der Waals surface area (Å²) < 4.78 is 42.1. The van der Waals surface area contributed by atoms with Gasteiger partial charge in [0.25, 0.3) is 0 Å². The Labute approximate surface area is 74.4 Å².